The highest BCUT2D eigenvalue weighted by Crippen LogP contribution is 2.55. The minimum Gasteiger partial charge on any atom is -0.341 e. The molecule has 1 N–H and O–H groups in total. The van der Waals surface area contributed by atoms with Crippen molar-refractivity contribution in [1.82, 2.24) is 10.2 Å². The monoisotopic (exact) mass is 382 g/mol. The number of hydrogen-bond acceptors (Lipinski definition) is 2. The first kappa shape index (κ1) is 21.3. The summed E-state index contributed by atoms with van der Waals surface area (Å²) in [5.74, 6) is -0.309. The minimum atomic E-state index is -5.41. The van der Waals surface area contributed by atoms with Gasteiger partial charge in [0.05, 0.1) is 0 Å². The lowest BCUT2D eigenvalue weighted by molar-refractivity contribution is -0.334. The second-order valence-electron chi connectivity index (χ2n) is 6.37. The Morgan fingerprint density at radius 1 is 1.08 bits per heavy atom. The molecule has 0 aromatic rings. The summed E-state index contributed by atoms with van der Waals surface area (Å²) in [6.07, 6.45) is -9.65. The number of nitrogens with zero attached hydrogens (tertiary/aromatic N) is 1. The Kier molecular flexibility index (Phi) is 6.83. The molecular weight excluding hydrogens is 362 g/mol. The SMILES string of the molecule is Cl.O=C(CCC1CCNCC1)N1CCC(C(F)(F)F)(C(F)(F)F)C1. The van der Waals surface area contributed by atoms with E-state index in [1.165, 1.54) is 0 Å². The van der Waals surface area contributed by atoms with Crippen molar-refractivity contribution in [1.29, 1.82) is 0 Å². The lowest BCUT2D eigenvalue weighted by Gasteiger charge is -2.33. The number of carbonyl (C=O) groups is 1. The number of hydrogen-bond donors (Lipinski definition) is 1. The molecule has 2 fully saturated rings. The zero-order valence-corrected chi connectivity index (χ0v) is 13.8. The first-order valence-corrected chi connectivity index (χ1v) is 7.69. The number of nitrogens with one attached hydrogen (secondary N) is 1. The van der Waals surface area contributed by atoms with Crippen LogP contribution in [-0.4, -0.2) is 49.3 Å². The van der Waals surface area contributed by atoms with Crippen molar-refractivity contribution >= 4 is 18.3 Å². The van der Waals surface area contributed by atoms with Crippen LogP contribution in [0, 0.1) is 11.3 Å². The molecule has 0 atom stereocenters. The maximum atomic E-state index is 13.0. The predicted octanol–water partition coefficient (Wildman–Crippen LogP) is 3.53. The van der Waals surface area contributed by atoms with E-state index in [2.05, 4.69) is 5.32 Å². The molecular formula is C14H21ClF6N2O. The summed E-state index contributed by atoms with van der Waals surface area (Å²) in [4.78, 5) is 12.7. The van der Waals surface area contributed by atoms with Crippen molar-refractivity contribution in [3.63, 3.8) is 0 Å². The minimum absolute atomic E-state index is 0. The highest BCUT2D eigenvalue weighted by molar-refractivity contribution is 5.85. The van der Waals surface area contributed by atoms with Gasteiger partial charge in [-0.15, -0.1) is 12.4 Å². The largest absolute Gasteiger partial charge is 0.404 e. The molecule has 2 saturated heterocycles. The number of amides is 1. The molecule has 2 heterocycles. The van der Waals surface area contributed by atoms with Gasteiger partial charge in [-0.3, -0.25) is 4.79 Å². The zero-order valence-electron chi connectivity index (χ0n) is 13.0. The molecule has 10 heteroatoms. The molecule has 0 aromatic carbocycles. The number of carbonyl (C=O) groups excluding carboxylic acids is 1. The summed E-state index contributed by atoms with van der Waals surface area (Å²) in [6.45, 7) is -0.156. The summed E-state index contributed by atoms with van der Waals surface area (Å²) >= 11 is 0. The van der Waals surface area contributed by atoms with Gasteiger partial charge in [-0.05, 0) is 44.7 Å². The van der Waals surface area contributed by atoms with Crippen molar-refractivity contribution < 1.29 is 31.1 Å². The number of rotatable bonds is 3. The third kappa shape index (κ3) is 4.28. The summed E-state index contributed by atoms with van der Waals surface area (Å²) in [6, 6.07) is 0. The highest BCUT2D eigenvalue weighted by atomic mass is 35.5. The molecule has 1 amide bonds. The average Bonchev–Trinajstić information content (AvgIpc) is 2.92. The Bertz CT molecular complexity index is 420. The second-order valence-corrected chi connectivity index (χ2v) is 6.37. The molecule has 2 aliphatic heterocycles. The quantitative estimate of drug-likeness (QED) is 0.757. The van der Waals surface area contributed by atoms with E-state index >= 15 is 0 Å². The fourth-order valence-electron chi connectivity index (χ4n) is 3.30. The third-order valence-electron chi connectivity index (χ3n) is 4.93. The van der Waals surface area contributed by atoms with Crippen LogP contribution in [0.15, 0.2) is 0 Å². The fraction of sp³-hybridized carbons (Fsp3) is 0.929. The van der Waals surface area contributed by atoms with E-state index in [1.807, 2.05) is 0 Å². The molecule has 0 radical (unpaired) electrons. The van der Waals surface area contributed by atoms with Gasteiger partial charge >= 0.3 is 12.4 Å². The van der Waals surface area contributed by atoms with Crippen molar-refractivity contribution in [3.05, 3.63) is 0 Å². The molecule has 2 aliphatic rings. The zero-order chi connectivity index (χ0) is 17.3. The van der Waals surface area contributed by atoms with Crippen molar-refractivity contribution in [2.45, 2.75) is 44.5 Å². The standard InChI is InChI=1S/C14H20F6N2O.ClH/c15-13(16,17)12(14(18,19)20)5-8-22(9-12)11(23)2-1-10-3-6-21-7-4-10;/h10,21H,1-9H2;1H. The van der Waals surface area contributed by atoms with Gasteiger partial charge < -0.3 is 10.2 Å². The van der Waals surface area contributed by atoms with E-state index in [0.717, 1.165) is 30.8 Å². The van der Waals surface area contributed by atoms with Crippen LogP contribution in [0.25, 0.3) is 0 Å². The van der Waals surface area contributed by atoms with E-state index in [4.69, 9.17) is 0 Å². The number of piperidine rings is 1. The maximum absolute atomic E-state index is 13.0. The number of halogens is 7. The van der Waals surface area contributed by atoms with Crippen LogP contribution in [0.5, 0.6) is 0 Å². The molecule has 142 valence electrons. The molecule has 0 aliphatic carbocycles. The van der Waals surface area contributed by atoms with Gasteiger partial charge in [-0.25, -0.2) is 0 Å². The Morgan fingerprint density at radius 2 is 1.62 bits per heavy atom. The Hall–Kier alpha value is -0.700. The van der Waals surface area contributed by atoms with Crippen LogP contribution in [0.1, 0.15) is 32.1 Å². The highest BCUT2D eigenvalue weighted by Gasteiger charge is 2.72. The summed E-state index contributed by atoms with van der Waals surface area (Å²) in [5.41, 5.74) is -3.79. The molecule has 0 saturated carbocycles. The maximum Gasteiger partial charge on any atom is 0.404 e. The number of alkyl halides is 6. The molecule has 2 rings (SSSR count). The lowest BCUT2D eigenvalue weighted by Crippen LogP contribution is -2.52. The average molecular weight is 383 g/mol. The van der Waals surface area contributed by atoms with E-state index in [0.29, 0.717) is 12.3 Å². The van der Waals surface area contributed by atoms with Crippen molar-refractivity contribution in [2.24, 2.45) is 11.3 Å². The van der Waals surface area contributed by atoms with E-state index in [-0.39, 0.29) is 18.8 Å². The lowest BCUT2D eigenvalue weighted by atomic mass is 9.85. The van der Waals surface area contributed by atoms with Gasteiger partial charge in [0.1, 0.15) is 0 Å². The first-order chi connectivity index (χ1) is 10.6. The molecule has 24 heavy (non-hydrogen) atoms. The molecule has 0 spiro atoms. The van der Waals surface area contributed by atoms with E-state index in [1.54, 1.807) is 0 Å². The Labute approximate surface area is 142 Å². The first-order valence-electron chi connectivity index (χ1n) is 7.69. The molecule has 3 nitrogen and oxygen atoms in total. The van der Waals surface area contributed by atoms with Gasteiger partial charge in [0.15, 0.2) is 5.41 Å². The van der Waals surface area contributed by atoms with Gasteiger partial charge in [-0.1, -0.05) is 0 Å². The predicted molar refractivity (Wildman–Crippen MR) is 77.8 cm³/mol. The molecule has 0 aromatic heterocycles. The fourth-order valence-corrected chi connectivity index (χ4v) is 3.30. The Morgan fingerprint density at radius 3 is 2.08 bits per heavy atom. The topological polar surface area (TPSA) is 32.3 Å². The van der Waals surface area contributed by atoms with Gasteiger partial charge in [0, 0.05) is 19.5 Å². The Balaban J connectivity index is 0.00000288. The summed E-state index contributed by atoms with van der Waals surface area (Å²) < 4.78 is 77.8. The normalized spacial score (nSPS) is 22.3. The van der Waals surface area contributed by atoms with Gasteiger partial charge in [0.25, 0.3) is 0 Å². The van der Waals surface area contributed by atoms with E-state index < -0.39 is 43.2 Å². The van der Waals surface area contributed by atoms with Gasteiger partial charge in [-0.2, -0.15) is 26.3 Å². The van der Waals surface area contributed by atoms with Crippen molar-refractivity contribution in [2.75, 3.05) is 26.2 Å². The van der Waals surface area contributed by atoms with Crippen LogP contribution >= 0.6 is 12.4 Å². The van der Waals surface area contributed by atoms with Gasteiger partial charge in [0.2, 0.25) is 5.91 Å². The van der Waals surface area contributed by atoms with E-state index in [9.17, 15) is 31.1 Å². The smallest absolute Gasteiger partial charge is 0.341 e. The summed E-state index contributed by atoms with van der Waals surface area (Å²) in [7, 11) is 0. The van der Waals surface area contributed by atoms with Crippen LogP contribution < -0.4 is 5.32 Å². The van der Waals surface area contributed by atoms with Crippen molar-refractivity contribution in [3.8, 4) is 0 Å². The van der Waals surface area contributed by atoms with Crippen LogP contribution in [0.3, 0.4) is 0 Å². The molecule has 0 unspecified atom stereocenters. The van der Waals surface area contributed by atoms with Crippen LogP contribution in [-0.2, 0) is 4.79 Å². The number of likely N-dealkylation sites (tertiary alicyclic amines) is 1. The molecule has 0 bridgehead atoms. The van der Waals surface area contributed by atoms with Crippen LogP contribution in [0.2, 0.25) is 0 Å². The van der Waals surface area contributed by atoms with Crippen LogP contribution in [0.4, 0.5) is 26.3 Å². The second kappa shape index (κ2) is 7.68. The summed E-state index contributed by atoms with van der Waals surface area (Å²) in [5, 5.41) is 3.16. The third-order valence-corrected chi connectivity index (χ3v) is 4.93.